The monoisotopic (exact) mass is 364 g/mol. The van der Waals surface area contributed by atoms with Gasteiger partial charge in [-0.05, 0) is 42.5 Å². The van der Waals surface area contributed by atoms with Crippen LogP contribution in [0.15, 0.2) is 83.4 Å². The smallest absolute Gasteiger partial charge is 0.137 e. The number of ether oxygens (including phenoxy) is 1. The molecule has 0 bridgehead atoms. The highest BCUT2D eigenvalue weighted by atomic mass is 16.5. The zero-order valence-electron chi connectivity index (χ0n) is 15.2. The summed E-state index contributed by atoms with van der Waals surface area (Å²) in [5, 5.41) is 4.58. The predicted octanol–water partition coefficient (Wildman–Crippen LogP) is 6.09. The number of aromatic nitrogens is 2. The first-order valence-electron chi connectivity index (χ1n) is 9.19. The molecule has 4 heteroatoms. The van der Waals surface area contributed by atoms with E-state index >= 15 is 0 Å². The van der Waals surface area contributed by atoms with Gasteiger partial charge in [0.2, 0.25) is 0 Å². The number of para-hydroxylation sites is 1. The van der Waals surface area contributed by atoms with Crippen molar-refractivity contribution in [3.05, 3.63) is 79.0 Å². The Labute approximate surface area is 160 Å². The average Bonchev–Trinajstić information content (AvgIpc) is 3.29. The Morgan fingerprint density at radius 1 is 0.786 bits per heavy atom. The third-order valence-corrected chi connectivity index (χ3v) is 5.36. The number of hydrogen-bond donors (Lipinski definition) is 0. The van der Waals surface area contributed by atoms with E-state index in [1.54, 1.807) is 7.11 Å². The van der Waals surface area contributed by atoms with Gasteiger partial charge in [-0.1, -0.05) is 24.3 Å². The molecule has 3 heterocycles. The highest BCUT2D eigenvalue weighted by Crippen LogP contribution is 2.41. The van der Waals surface area contributed by atoms with Crippen molar-refractivity contribution in [1.29, 1.82) is 0 Å². The molecule has 4 nitrogen and oxygen atoms in total. The summed E-state index contributed by atoms with van der Waals surface area (Å²) in [6, 6.07) is 24.5. The van der Waals surface area contributed by atoms with Crippen LogP contribution >= 0.6 is 0 Å². The van der Waals surface area contributed by atoms with Crippen LogP contribution in [-0.4, -0.2) is 16.7 Å². The van der Waals surface area contributed by atoms with E-state index in [0.29, 0.717) is 0 Å². The molecule has 0 aliphatic rings. The van der Waals surface area contributed by atoms with Crippen molar-refractivity contribution in [2.24, 2.45) is 0 Å². The van der Waals surface area contributed by atoms with Crippen LogP contribution in [0.4, 0.5) is 0 Å². The lowest BCUT2D eigenvalue weighted by Gasteiger charge is -2.07. The van der Waals surface area contributed by atoms with Gasteiger partial charge < -0.3 is 9.15 Å². The normalized spacial score (nSPS) is 11.8. The second-order valence-corrected chi connectivity index (χ2v) is 6.84. The molecule has 28 heavy (non-hydrogen) atoms. The van der Waals surface area contributed by atoms with E-state index in [0.717, 1.165) is 49.9 Å². The lowest BCUT2D eigenvalue weighted by atomic mass is 10.1. The Kier molecular flexibility index (Phi) is 3.06. The van der Waals surface area contributed by atoms with Crippen LogP contribution < -0.4 is 4.74 Å². The number of furan rings is 1. The van der Waals surface area contributed by atoms with E-state index in [-0.39, 0.29) is 0 Å². The first-order valence-corrected chi connectivity index (χ1v) is 9.19. The number of rotatable bonds is 2. The van der Waals surface area contributed by atoms with Crippen LogP contribution in [0.25, 0.3) is 49.6 Å². The Bertz CT molecular complexity index is 1490. The minimum absolute atomic E-state index is 0.820. The van der Waals surface area contributed by atoms with Crippen molar-refractivity contribution < 1.29 is 9.15 Å². The minimum atomic E-state index is 0.820. The van der Waals surface area contributed by atoms with Crippen molar-refractivity contribution >= 4 is 43.7 Å². The second kappa shape index (κ2) is 5.60. The van der Waals surface area contributed by atoms with Gasteiger partial charge in [0.05, 0.1) is 18.1 Å². The fourth-order valence-electron chi connectivity index (χ4n) is 4.16. The van der Waals surface area contributed by atoms with Gasteiger partial charge in [0, 0.05) is 33.8 Å². The van der Waals surface area contributed by atoms with E-state index in [9.17, 15) is 0 Å². The zero-order chi connectivity index (χ0) is 18.7. The van der Waals surface area contributed by atoms with Crippen LogP contribution in [0.2, 0.25) is 0 Å². The fourth-order valence-corrected chi connectivity index (χ4v) is 4.16. The van der Waals surface area contributed by atoms with Crippen molar-refractivity contribution in [2.45, 2.75) is 0 Å². The third kappa shape index (κ3) is 1.97. The summed E-state index contributed by atoms with van der Waals surface area (Å²) >= 11 is 0. The van der Waals surface area contributed by atoms with E-state index in [4.69, 9.17) is 9.15 Å². The number of nitrogens with zero attached hydrogens (tertiary/aromatic N) is 2. The quantitative estimate of drug-likeness (QED) is 0.373. The lowest BCUT2D eigenvalue weighted by Crippen LogP contribution is -1.96. The third-order valence-electron chi connectivity index (χ3n) is 5.36. The standard InChI is InChI=1S/C24H16N2O2/c1-27-15-9-10-16-19(14-15)26(22-8-4-5-13-25-22)18-11-12-21-24(23(16)18)17-6-2-3-7-20(17)28-21/h2-14H,1H3. The first kappa shape index (κ1) is 15.3. The topological polar surface area (TPSA) is 40.2 Å². The molecule has 6 aromatic rings. The number of hydrogen-bond acceptors (Lipinski definition) is 3. The molecular weight excluding hydrogens is 348 g/mol. The summed E-state index contributed by atoms with van der Waals surface area (Å²) in [6.45, 7) is 0. The Morgan fingerprint density at radius 3 is 2.54 bits per heavy atom. The molecule has 6 rings (SSSR count). The summed E-state index contributed by atoms with van der Waals surface area (Å²) in [5.74, 6) is 1.70. The maximum atomic E-state index is 6.12. The van der Waals surface area contributed by atoms with Gasteiger partial charge in [-0.2, -0.15) is 0 Å². The molecule has 0 fully saturated rings. The van der Waals surface area contributed by atoms with Crippen LogP contribution in [-0.2, 0) is 0 Å². The molecule has 0 saturated carbocycles. The second-order valence-electron chi connectivity index (χ2n) is 6.84. The molecule has 0 unspecified atom stereocenters. The van der Waals surface area contributed by atoms with Crippen LogP contribution in [0.3, 0.4) is 0 Å². The van der Waals surface area contributed by atoms with Gasteiger partial charge in [-0.15, -0.1) is 0 Å². The van der Waals surface area contributed by atoms with E-state index in [1.807, 2.05) is 48.7 Å². The van der Waals surface area contributed by atoms with E-state index < -0.39 is 0 Å². The summed E-state index contributed by atoms with van der Waals surface area (Å²) in [7, 11) is 1.69. The average molecular weight is 364 g/mol. The Morgan fingerprint density at radius 2 is 1.68 bits per heavy atom. The summed E-state index contributed by atoms with van der Waals surface area (Å²) < 4.78 is 13.8. The molecule has 0 saturated heterocycles. The number of methoxy groups -OCH3 is 1. The first-order chi connectivity index (χ1) is 13.8. The van der Waals surface area contributed by atoms with Crippen LogP contribution in [0, 0.1) is 0 Å². The largest absolute Gasteiger partial charge is 0.497 e. The van der Waals surface area contributed by atoms with Gasteiger partial charge in [0.15, 0.2) is 0 Å². The van der Waals surface area contributed by atoms with Crippen molar-refractivity contribution in [2.75, 3.05) is 7.11 Å². The van der Waals surface area contributed by atoms with E-state index in [2.05, 4.69) is 39.9 Å². The molecule has 0 spiro atoms. The SMILES string of the molecule is COc1ccc2c3c4c(ccc3n(-c3ccccn3)c2c1)oc1ccccc14. The van der Waals surface area contributed by atoms with Crippen molar-refractivity contribution in [3.63, 3.8) is 0 Å². The highest BCUT2D eigenvalue weighted by molar-refractivity contribution is 6.27. The predicted molar refractivity (Wildman–Crippen MR) is 112 cm³/mol. The number of fused-ring (bicyclic) bond motifs is 7. The molecular formula is C24H16N2O2. The van der Waals surface area contributed by atoms with Crippen LogP contribution in [0.5, 0.6) is 5.75 Å². The van der Waals surface area contributed by atoms with Gasteiger partial charge in [0.25, 0.3) is 0 Å². The van der Waals surface area contributed by atoms with Gasteiger partial charge in [-0.3, -0.25) is 4.57 Å². The molecule has 0 N–H and O–H groups in total. The Balaban J connectivity index is 1.89. The molecule has 0 radical (unpaired) electrons. The zero-order valence-corrected chi connectivity index (χ0v) is 15.2. The number of pyridine rings is 1. The molecule has 0 amide bonds. The molecule has 3 aromatic heterocycles. The Hall–Kier alpha value is -3.79. The molecule has 0 aliphatic carbocycles. The summed E-state index contributed by atoms with van der Waals surface area (Å²) in [6.07, 6.45) is 1.82. The van der Waals surface area contributed by atoms with E-state index in [1.165, 1.54) is 5.39 Å². The van der Waals surface area contributed by atoms with Gasteiger partial charge >= 0.3 is 0 Å². The number of benzene rings is 3. The summed E-state index contributed by atoms with van der Waals surface area (Å²) in [4.78, 5) is 4.61. The maximum absolute atomic E-state index is 6.12. The lowest BCUT2D eigenvalue weighted by molar-refractivity contribution is 0.415. The molecule has 0 atom stereocenters. The van der Waals surface area contributed by atoms with Crippen LogP contribution in [0.1, 0.15) is 0 Å². The molecule has 3 aromatic carbocycles. The van der Waals surface area contributed by atoms with Gasteiger partial charge in [-0.25, -0.2) is 4.98 Å². The minimum Gasteiger partial charge on any atom is -0.497 e. The van der Waals surface area contributed by atoms with Crippen molar-refractivity contribution in [1.82, 2.24) is 9.55 Å². The maximum Gasteiger partial charge on any atom is 0.137 e. The fraction of sp³-hybridized carbons (Fsp3) is 0.0417. The summed E-state index contributed by atoms with van der Waals surface area (Å²) in [5.41, 5.74) is 3.95. The molecule has 0 aliphatic heterocycles. The van der Waals surface area contributed by atoms with Crippen molar-refractivity contribution in [3.8, 4) is 11.6 Å². The molecule has 134 valence electrons. The van der Waals surface area contributed by atoms with Gasteiger partial charge in [0.1, 0.15) is 22.7 Å². The highest BCUT2D eigenvalue weighted by Gasteiger charge is 2.19.